The number of hydrogen-bond acceptors (Lipinski definition) is 7. The van der Waals surface area contributed by atoms with Crippen molar-refractivity contribution in [3.8, 4) is 0 Å². The number of hydrogen-bond donors (Lipinski definition) is 0. The van der Waals surface area contributed by atoms with Crippen molar-refractivity contribution in [2.45, 2.75) is 25.5 Å². The van der Waals surface area contributed by atoms with Crippen LogP contribution in [-0.4, -0.2) is 47.2 Å². The van der Waals surface area contributed by atoms with Crippen LogP contribution in [0.4, 0.5) is 5.82 Å². The number of aromatic nitrogens is 3. The van der Waals surface area contributed by atoms with Crippen molar-refractivity contribution in [1.82, 2.24) is 9.97 Å². The normalized spacial score (nSPS) is 16.1. The highest BCUT2D eigenvalue weighted by Crippen LogP contribution is 2.33. The molecule has 0 aliphatic carbocycles. The average molecular weight is 407 g/mol. The highest BCUT2D eigenvalue weighted by atomic mass is 35.5. The summed E-state index contributed by atoms with van der Waals surface area (Å²) in [5.41, 5.74) is 2.90. The first-order valence-electron chi connectivity index (χ1n) is 8.76. The zero-order valence-electron chi connectivity index (χ0n) is 15.5. The van der Waals surface area contributed by atoms with Crippen molar-refractivity contribution < 1.29 is 14.1 Å². The Bertz CT molecular complexity index is 1010. The Kier molecular flexibility index (Phi) is 4.96. The minimum Gasteiger partial charge on any atom is -0.398 e. The molecule has 142 valence electrons. The van der Waals surface area contributed by atoms with E-state index >= 15 is 0 Å². The van der Waals surface area contributed by atoms with Crippen LogP contribution >= 0.6 is 23.5 Å². The maximum absolute atomic E-state index is 6.21. The van der Waals surface area contributed by atoms with Crippen molar-refractivity contribution in [3.05, 3.63) is 23.1 Å². The number of rotatable bonds is 3. The topological polar surface area (TPSA) is 77.9 Å². The molecule has 0 unspecified atom stereocenters. The van der Waals surface area contributed by atoms with E-state index in [9.17, 15) is 0 Å². The fourth-order valence-electron chi connectivity index (χ4n) is 2.86. The molecule has 7 nitrogen and oxygen atoms in total. The number of pyridine rings is 1. The monoisotopic (exact) mass is 406 g/mol. The van der Waals surface area contributed by atoms with Gasteiger partial charge < -0.3 is 14.1 Å². The second-order valence-corrected chi connectivity index (χ2v) is 9.27. The molecule has 0 spiro atoms. The van der Waals surface area contributed by atoms with Gasteiger partial charge in [0.25, 0.3) is 0 Å². The summed E-state index contributed by atoms with van der Waals surface area (Å²) in [4.78, 5) is 14.1. The Morgan fingerprint density at radius 2 is 2.07 bits per heavy atom. The van der Waals surface area contributed by atoms with Gasteiger partial charge in [-0.2, -0.15) is 9.97 Å². The lowest BCUT2D eigenvalue weighted by Crippen LogP contribution is -2.36. The molecule has 3 aromatic rings. The van der Waals surface area contributed by atoms with Crippen LogP contribution in [-0.2, 0) is 4.74 Å². The molecule has 1 aliphatic rings. The molecule has 3 aromatic heterocycles. The highest BCUT2D eigenvalue weighted by Gasteiger charge is 2.24. The molecule has 0 amide bonds. The summed E-state index contributed by atoms with van der Waals surface area (Å²) >= 11 is 7.74. The van der Waals surface area contributed by atoms with Gasteiger partial charge in [-0.25, -0.2) is 9.38 Å². The van der Waals surface area contributed by atoms with Gasteiger partial charge in [-0.05, 0) is 50.4 Å². The quantitative estimate of drug-likeness (QED) is 0.376. The number of fused-ring (bicyclic) bond motifs is 3. The van der Waals surface area contributed by atoms with Crippen LogP contribution in [0.15, 0.2) is 21.1 Å². The van der Waals surface area contributed by atoms with Crippen LogP contribution in [0.2, 0.25) is 5.28 Å². The Balaban J connectivity index is 1.77. The van der Waals surface area contributed by atoms with Crippen molar-refractivity contribution >= 4 is 57.8 Å². The van der Waals surface area contributed by atoms with Crippen molar-refractivity contribution in [2.24, 2.45) is 4.40 Å². The van der Waals surface area contributed by atoms with Gasteiger partial charge in [-0.3, -0.25) is 0 Å². The molecule has 4 heterocycles. The molecule has 0 atom stereocenters. The van der Waals surface area contributed by atoms with Gasteiger partial charge in [0.1, 0.15) is 10.9 Å². The van der Waals surface area contributed by atoms with Gasteiger partial charge in [0.15, 0.2) is 12.0 Å². The Labute approximate surface area is 166 Å². The fourth-order valence-corrected chi connectivity index (χ4v) is 3.52. The molecule has 1 saturated heterocycles. The number of H-pyrrole nitrogens is 1. The summed E-state index contributed by atoms with van der Waals surface area (Å²) in [6, 6.07) is 2.00. The Morgan fingerprint density at radius 3 is 2.81 bits per heavy atom. The smallest absolute Gasteiger partial charge is 0.381 e. The third-order valence-corrected chi connectivity index (χ3v) is 4.97. The van der Waals surface area contributed by atoms with Crippen LogP contribution in [0, 0.1) is 0 Å². The lowest BCUT2D eigenvalue weighted by atomic mass is 10.2. The predicted octanol–water partition coefficient (Wildman–Crippen LogP) is 3.55. The summed E-state index contributed by atoms with van der Waals surface area (Å²) in [5, 5.41) is 1.06. The molecule has 0 bridgehead atoms. The molecule has 1 N–H and O–H groups in total. The molecule has 0 aromatic carbocycles. The SMILES string of the molecule is CC(C)(C)SN=Cc1c[nH+]c2oc3c(N4CCOCC4)nc(Cl)nc3c2c1. The van der Waals surface area contributed by atoms with Gasteiger partial charge in [-0.1, -0.05) is 0 Å². The first-order valence-corrected chi connectivity index (χ1v) is 9.91. The minimum atomic E-state index is 0.0699. The van der Waals surface area contributed by atoms with Crippen molar-refractivity contribution in [1.29, 1.82) is 0 Å². The van der Waals surface area contributed by atoms with E-state index in [4.69, 9.17) is 20.8 Å². The molecule has 1 aliphatic heterocycles. The van der Waals surface area contributed by atoms with E-state index < -0.39 is 0 Å². The first-order chi connectivity index (χ1) is 12.9. The number of halogens is 1. The molecular weight excluding hydrogens is 386 g/mol. The lowest BCUT2D eigenvalue weighted by molar-refractivity contribution is -0.355. The van der Waals surface area contributed by atoms with Crippen molar-refractivity contribution in [2.75, 3.05) is 31.2 Å². The molecule has 0 radical (unpaired) electrons. The van der Waals surface area contributed by atoms with E-state index in [0.29, 0.717) is 35.8 Å². The summed E-state index contributed by atoms with van der Waals surface area (Å²) in [6.07, 6.45) is 3.69. The zero-order valence-corrected chi connectivity index (χ0v) is 17.0. The summed E-state index contributed by atoms with van der Waals surface area (Å²) in [5.74, 6) is 0.705. The van der Waals surface area contributed by atoms with Crippen LogP contribution in [0.5, 0.6) is 0 Å². The summed E-state index contributed by atoms with van der Waals surface area (Å²) in [7, 11) is 0. The second kappa shape index (κ2) is 7.26. The summed E-state index contributed by atoms with van der Waals surface area (Å²) < 4.78 is 16.0. The van der Waals surface area contributed by atoms with Crippen LogP contribution in [0.3, 0.4) is 0 Å². The predicted molar refractivity (Wildman–Crippen MR) is 109 cm³/mol. The molecule has 4 rings (SSSR count). The molecule has 9 heteroatoms. The Morgan fingerprint density at radius 1 is 1.30 bits per heavy atom. The van der Waals surface area contributed by atoms with Gasteiger partial charge in [0, 0.05) is 24.1 Å². The minimum absolute atomic E-state index is 0.0699. The Hall–Kier alpha value is -1.90. The standard InChI is InChI=1S/C18H20ClN5O2S/c1-18(2,3)27-21-10-11-8-12-13-14(26-16(12)20-9-11)15(23-17(19)22-13)24-4-6-25-7-5-24/h8-10H,4-7H2,1-3H3/p+1. The molecule has 27 heavy (non-hydrogen) atoms. The highest BCUT2D eigenvalue weighted by molar-refractivity contribution is 7.99. The first kappa shape index (κ1) is 18.5. The van der Waals surface area contributed by atoms with Crippen LogP contribution in [0.1, 0.15) is 26.3 Å². The maximum atomic E-state index is 6.21. The number of ether oxygens (including phenoxy) is 1. The number of furan rings is 1. The van der Waals surface area contributed by atoms with E-state index in [0.717, 1.165) is 24.0 Å². The molecular formula is C18H21ClN5O2S+. The summed E-state index contributed by atoms with van der Waals surface area (Å²) in [6.45, 7) is 9.17. The number of morpholine rings is 1. The largest absolute Gasteiger partial charge is 0.398 e. The van der Waals surface area contributed by atoms with E-state index in [2.05, 4.69) is 45.0 Å². The van der Waals surface area contributed by atoms with Gasteiger partial charge >= 0.3 is 5.71 Å². The van der Waals surface area contributed by atoms with Crippen LogP contribution in [0.25, 0.3) is 22.2 Å². The molecule has 0 saturated carbocycles. The number of nitrogens with zero attached hydrogens (tertiary/aromatic N) is 4. The number of anilines is 1. The second-order valence-electron chi connectivity index (χ2n) is 7.31. The lowest BCUT2D eigenvalue weighted by Gasteiger charge is -2.27. The van der Waals surface area contributed by atoms with Crippen molar-refractivity contribution in [3.63, 3.8) is 0 Å². The number of aromatic amines is 1. The maximum Gasteiger partial charge on any atom is 0.381 e. The number of nitrogens with one attached hydrogen (secondary N) is 1. The zero-order chi connectivity index (χ0) is 19.0. The van der Waals surface area contributed by atoms with E-state index in [1.165, 1.54) is 11.9 Å². The third kappa shape index (κ3) is 4.02. The van der Waals surface area contributed by atoms with Gasteiger partial charge in [0.2, 0.25) is 10.9 Å². The van der Waals surface area contributed by atoms with E-state index in [1.54, 1.807) is 0 Å². The third-order valence-electron chi connectivity index (χ3n) is 4.04. The van der Waals surface area contributed by atoms with Gasteiger partial charge in [-0.15, -0.1) is 0 Å². The fraction of sp³-hybridized carbons (Fsp3) is 0.444. The average Bonchev–Trinajstić information content (AvgIpc) is 2.99. The van der Waals surface area contributed by atoms with E-state index in [-0.39, 0.29) is 10.0 Å². The molecule has 1 fully saturated rings. The van der Waals surface area contributed by atoms with Gasteiger partial charge in [0.05, 0.1) is 18.8 Å². The van der Waals surface area contributed by atoms with E-state index in [1.807, 2.05) is 18.5 Å². The van der Waals surface area contributed by atoms with Crippen LogP contribution < -0.4 is 9.88 Å².